The fraction of sp³-hybridized carbons (Fsp3) is 0.346. The van der Waals surface area contributed by atoms with Crippen molar-refractivity contribution in [2.75, 3.05) is 0 Å². The second kappa shape index (κ2) is 11.4. The number of nitrogens with zero attached hydrogens (tertiary/aromatic N) is 6. The topological polar surface area (TPSA) is 94.3 Å². The number of hydrogen-bond acceptors (Lipinski definition) is 5. The van der Waals surface area contributed by atoms with Crippen LogP contribution in [0.15, 0.2) is 65.5 Å². The molecule has 0 aliphatic rings. The van der Waals surface area contributed by atoms with Gasteiger partial charge in [-0.25, -0.2) is 9.48 Å². The summed E-state index contributed by atoms with van der Waals surface area (Å²) < 4.78 is 3.38. The average Bonchev–Trinajstić information content (AvgIpc) is 3.50. The summed E-state index contributed by atoms with van der Waals surface area (Å²) in [6.45, 7) is 5.15. The molecule has 176 valence electrons. The normalized spacial score (nSPS) is 11.5. The third-order valence-corrected chi connectivity index (χ3v) is 5.89. The minimum Gasteiger partial charge on any atom is -0.274 e. The summed E-state index contributed by atoms with van der Waals surface area (Å²) in [5.41, 5.74) is 4.00. The summed E-state index contributed by atoms with van der Waals surface area (Å²) in [4.78, 5) is 13.1. The maximum absolute atomic E-state index is 13.1. The molecular formula is C26H31N7O. The average molecular weight is 458 g/mol. The van der Waals surface area contributed by atoms with Crippen molar-refractivity contribution in [3.8, 4) is 22.5 Å². The molecule has 0 spiro atoms. The summed E-state index contributed by atoms with van der Waals surface area (Å²) in [6, 6.07) is 16.3. The molecule has 0 fully saturated rings. The standard InChI is InChI=1S/C26H31N7O/c1-3-5-7-8-13-24-29-33(18-6-4-2)26(34)32(24)19-20-14-16-21(17-15-20)22-11-9-10-12-23(22)25-27-30-31-28-25/h4,6,9-12,14-17H,3,5,7-8,13,18-19H2,1-2H3,(H,27,28,30,31). The van der Waals surface area contributed by atoms with Gasteiger partial charge in [-0.3, -0.25) is 4.57 Å². The summed E-state index contributed by atoms with van der Waals surface area (Å²) >= 11 is 0. The highest BCUT2D eigenvalue weighted by Crippen LogP contribution is 2.29. The first kappa shape index (κ1) is 23.4. The van der Waals surface area contributed by atoms with Gasteiger partial charge < -0.3 is 0 Å². The summed E-state index contributed by atoms with van der Waals surface area (Å²) in [5.74, 6) is 1.42. The van der Waals surface area contributed by atoms with Crippen molar-refractivity contribution in [1.29, 1.82) is 0 Å². The van der Waals surface area contributed by atoms with Gasteiger partial charge in [0.15, 0.2) is 0 Å². The Bertz CT molecular complexity index is 1270. The molecule has 0 saturated carbocycles. The zero-order valence-electron chi connectivity index (χ0n) is 19.8. The number of nitrogens with one attached hydrogen (secondary N) is 1. The predicted molar refractivity (Wildman–Crippen MR) is 133 cm³/mol. The molecule has 0 unspecified atom stereocenters. The molecule has 1 N–H and O–H groups in total. The van der Waals surface area contributed by atoms with Gasteiger partial charge in [0.25, 0.3) is 0 Å². The van der Waals surface area contributed by atoms with Gasteiger partial charge in [0.2, 0.25) is 5.82 Å². The van der Waals surface area contributed by atoms with E-state index in [4.69, 9.17) is 0 Å². The molecule has 2 aromatic carbocycles. The first-order chi connectivity index (χ1) is 16.7. The van der Waals surface area contributed by atoms with Gasteiger partial charge in [0.1, 0.15) is 5.82 Å². The Balaban J connectivity index is 1.58. The number of aryl methyl sites for hydroxylation is 1. The van der Waals surface area contributed by atoms with Crippen LogP contribution >= 0.6 is 0 Å². The van der Waals surface area contributed by atoms with E-state index in [2.05, 4.69) is 56.9 Å². The SMILES string of the molecule is CC=CCn1nc(CCCCCC)n(Cc2ccc(-c3ccccc3-c3nn[nH]n3)cc2)c1=O. The number of allylic oxidation sites excluding steroid dienone is 2. The largest absolute Gasteiger partial charge is 0.346 e. The van der Waals surface area contributed by atoms with Crippen LogP contribution in [0, 0.1) is 0 Å². The van der Waals surface area contributed by atoms with Gasteiger partial charge in [0, 0.05) is 12.0 Å². The second-order valence-electron chi connectivity index (χ2n) is 8.32. The van der Waals surface area contributed by atoms with Gasteiger partial charge >= 0.3 is 5.69 Å². The minimum absolute atomic E-state index is 0.0601. The predicted octanol–water partition coefficient (Wildman–Crippen LogP) is 4.64. The third kappa shape index (κ3) is 5.39. The molecule has 0 aliphatic carbocycles. The van der Waals surface area contributed by atoms with E-state index in [-0.39, 0.29) is 5.69 Å². The maximum atomic E-state index is 13.1. The molecule has 8 nitrogen and oxygen atoms in total. The molecule has 8 heteroatoms. The van der Waals surface area contributed by atoms with Gasteiger partial charge in [-0.15, -0.1) is 10.2 Å². The lowest BCUT2D eigenvalue weighted by atomic mass is 9.98. The fourth-order valence-corrected chi connectivity index (χ4v) is 4.04. The third-order valence-electron chi connectivity index (χ3n) is 5.89. The number of benzene rings is 2. The lowest BCUT2D eigenvalue weighted by molar-refractivity contribution is 0.621. The number of hydrogen-bond donors (Lipinski definition) is 1. The van der Waals surface area contributed by atoms with Crippen LogP contribution in [0.1, 0.15) is 50.9 Å². The van der Waals surface area contributed by atoms with Crippen LogP contribution in [-0.4, -0.2) is 35.0 Å². The van der Waals surface area contributed by atoms with Crippen molar-refractivity contribution >= 4 is 0 Å². The lowest BCUT2D eigenvalue weighted by Gasteiger charge is -2.09. The molecule has 4 rings (SSSR count). The number of aromatic amines is 1. The van der Waals surface area contributed by atoms with Gasteiger partial charge in [-0.05, 0) is 35.2 Å². The van der Waals surface area contributed by atoms with Gasteiger partial charge in [0.05, 0.1) is 13.1 Å². The minimum atomic E-state index is -0.0601. The number of tetrazole rings is 1. The van der Waals surface area contributed by atoms with E-state index in [9.17, 15) is 4.79 Å². The number of H-pyrrole nitrogens is 1. The van der Waals surface area contributed by atoms with Crippen molar-refractivity contribution in [3.05, 3.63) is 82.6 Å². The van der Waals surface area contributed by atoms with Crippen molar-refractivity contribution in [3.63, 3.8) is 0 Å². The first-order valence-corrected chi connectivity index (χ1v) is 11.9. The van der Waals surface area contributed by atoms with Crippen molar-refractivity contribution < 1.29 is 0 Å². The van der Waals surface area contributed by atoms with Gasteiger partial charge in [-0.1, -0.05) is 86.9 Å². The van der Waals surface area contributed by atoms with E-state index in [0.29, 0.717) is 18.9 Å². The Morgan fingerprint density at radius 3 is 2.50 bits per heavy atom. The second-order valence-corrected chi connectivity index (χ2v) is 8.32. The summed E-state index contributed by atoms with van der Waals surface area (Å²) in [7, 11) is 0. The Morgan fingerprint density at radius 2 is 1.79 bits per heavy atom. The van der Waals surface area contributed by atoms with Crippen molar-refractivity contribution in [2.24, 2.45) is 0 Å². The highest BCUT2D eigenvalue weighted by atomic mass is 16.2. The van der Waals surface area contributed by atoms with Crippen LogP contribution in [0.4, 0.5) is 0 Å². The van der Waals surface area contributed by atoms with Crippen LogP contribution in [0.25, 0.3) is 22.5 Å². The van der Waals surface area contributed by atoms with Crippen LogP contribution in [0.3, 0.4) is 0 Å². The molecule has 4 aromatic rings. The highest BCUT2D eigenvalue weighted by Gasteiger charge is 2.14. The molecule has 2 aromatic heterocycles. The summed E-state index contributed by atoms with van der Waals surface area (Å²) in [6.07, 6.45) is 9.29. The van der Waals surface area contributed by atoms with E-state index in [1.807, 2.05) is 47.9 Å². The fourth-order valence-electron chi connectivity index (χ4n) is 4.04. The number of unbranched alkanes of at least 4 members (excludes halogenated alkanes) is 3. The molecule has 0 bridgehead atoms. The molecule has 34 heavy (non-hydrogen) atoms. The number of aromatic nitrogens is 7. The van der Waals surface area contributed by atoms with Crippen LogP contribution in [-0.2, 0) is 19.5 Å². The maximum Gasteiger partial charge on any atom is 0.346 e. The lowest BCUT2D eigenvalue weighted by Crippen LogP contribution is -2.25. The van der Waals surface area contributed by atoms with E-state index >= 15 is 0 Å². The molecular weight excluding hydrogens is 426 g/mol. The molecule has 0 atom stereocenters. The van der Waals surface area contributed by atoms with Crippen molar-refractivity contribution in [2.45, 2.75) is 59.0 Å². The van der Waals surface area contributed by atoms with E-state index < -0.39 is 0 Å². The summed E-state index contributed by atoms with van der Waals surface area (Å²) in [5, 5.41) is 19.1. The Labute approximate surface area is 199 Å². The van der Waals surface area contributed by atoms with E-state index in [1.165, 1.54) is 12.8 Å². The Hall–Kier alpha value is -3.81. The molecule has 0 saturated heterocycles. The van der Waals surface area contributed by atoms with Crippen molar-refractivity contribution in [1.82, 2.24) is 35.0 Å². The monoisotopic (exact) mass is 457 g/mol. The Morgan fingerprint density at radius 1 is 1.00 bits per heavy atom. The van der Waals surface area contributed by atoms with Crippen LogP contribution < -0.4 is 5.69 Å². The number of rotatable bonds is 11. The van der Waals surface area contributed by atoms with E-state index in [0.717, 1.165) is 47.3 Å². The molecule has 0 aliphatic heterocycles. The van der Waals surface area contributed by atoms with Gasteiger partial charge in [-0.2, -0.15) is 10.3 Å². The zero-order chi connectivity index (χ0) is 23.8. The Kier molecular flexibility index (Phi) is 7.80. The van der Waals surface area contributed by atoms with Crippen LogP contribution in [0.2, 0.25) is 0 Å². The first-order valence-electron chi connectivity index (χ1n) is 11.9. The zero-order valence-corrected chi connectivity index (χ0v) is 19.8. The molecule has 0 amide bonds. The highest BCUT2D eigenvalue weighted by molar-refractivity contribution is 5.80. The quantitative estimate of drug-likeness (QED) is 0.262. The molecule has 2 heterocycles. The smallest absolute Gasteiger partial charge is 0.274 e. The molecule has 0 radical (unpaired) electrons. The van der Waals surface area contributed by atoms with E-state index in [1.54, 1.807) is 4.68 Å². The van der Waals surface area contributed by atoms with Crippen LogP contribution in [0.5, 0.6) is 0 Å².